The molecular formula is C9H16O3Si. The summed E-state index contributed by atoms with van der Waals surface area (Å²) < 4.78 is 16.0. The molecule has 0 atom stereocenters. The van der Waals surface area contributed by atoms with Crippen LogP contribution >= 0.6 is 0 Å². The lowest BCUT2D eigenvalue weighted by atomic mass is 10.3. The second kappa shape index (κ2) is 3.45. The molecule has 0 fully saturated rings. The zero-order valence-electron chi connectivity index (χ0n) is 8.80. The molecule has 1 heterocycles. The van der Waals surface area contributed by atoms with Crippen LogP contribution in [0.3, 0.4) is 0 Å². The van der Waals surface area contributed by atoms with Gasteiger partial charge in [-0.1, -0.05) is 0 Å². The van der Waals surface area contributed by atoms with Crippen LogP contribution in [0.5, 0.6) is 11.7 Å². The van der Waals surface area contributed by atoms with E-state index in [0.29, 0.717) is 5.95 Å². The number of ether oxygens (including phenoxy) is 1. The van der Waals surface area contributed by atoms with Gasteiger partial charge in [0.1, 0.15) is 6.26 Å². The Morgan fingerprint density at radius 2 is 1.92 bits per heavy atom. The van der Waals surface area contributed by atoms with Gasteiger partial charge in [0.05, 0.1) is 12.7 Å². The topological polar surface area (TPSA) is 31.6 Å². The SMILES string of the molecule is COc1coc(O[Si](C)(C)C)c1C. The Kier molecular flexibility index (Phi) is 2.70. The molecule has 0 aliphatic rings. The summed E-state index contributed by atoms with van der Waals surface area (Å²) in [6.45, 7) is 8.27. The van der Waals surface area contributed by atoms with E-state index < -0.39 is 8.32 Å². The van der Waals surface area contributed by atoms with E-state index in [9.17, 15) is 0 Å². The molecule has 0 N–H and O–H groups in total. The summed E-state index contributed by atoms with van der Waals surface area (Å²) in [4.78, 5) is 0. The highest BCUT2D eigenvalue weighted by Gasteiger charge is 2.21. The van der Waals surface area contributed by atoms with Crippen molar-refractivity contribution in [3.8, 4) is 11.7 Å². The van der Waals surface area contributed by atoms with Crippen molar-refractivity contribution in [3.05, 3.63) is 11.8 Å². The fourth-order valence-electron chi connectivity index (χ4n) is 0.964. The molecule has 0 aliphatic heterocycles. The summed E-state index contributed by atoms with van der Waals surface area (Å²) in [6.07, 6.45) is 1.57. The van der Waals surface area contributed by atoms with Gasteiger partial charge in [0.2, 0.25) is 8.32 Å². The highest BCUT2D eigenvalue weighted by Crippen LogP contribution is 2.31. The van der Waals surface area contributed by atoms with Crippen LogP contribution in [0.1, 0.15) is 5.56 Å². The summed E-state index contributed by atoms with van der Waals surface area (Å²) in [5, 5.41) is 0. The maximum atomic E-state index is 5.71. The van der Waals surface area contributed by atoms with Gasteiger partial charge in [-0.25, -0.2) is 0 Å². The van der Waals surface area contributed by atoms with Gasteiger partial charge in [-0.15, -0.1) is 0 Å². The summed E-state index contributed by atoms with van der Waals surface area (Å²) in [6, 6.07) is 0. The first kappa shape index (κ1) is 10.2. The number of hydrogen-bond acceptors (Lipinski definition) is 3. The highest BCUT2D eigenvalue weighted by atomic mass is 28.4. The Hall–Kier alpha value is -0.903. The van der Waals surface area contributed by atoms with Crippen LogP contribution in [0.15, 0.2) is 10.7 Å². The molecule has 0 bridgehead atoms. The molecule has 1 rings (SSSR count). The normalized spacial score (nSPS) is 11.5. The van der Waals surface area contributed by atoms with Gasteiger partial charge in [0.25, 0.3) is 5.95 Å². The molecule has 74 valence electrons. The lowest BCUT2D eigenvalue weighted by Crippen LogP contribution is -2.29. The number of methoxy groups -OCH3 is 1. The third kappa shape index (κ3) is 2.52. The van der Waals surface area contributed by atoms with E-state index in [-0.39, 0.29) is 0 Å². The van der Waals surface area contributed by atoms with E-state index in [2.05, 4.69) is 19.6 Å². The lowest BCUT2D eigenvalue weighted by molar-refractivity contribution is 0.377. The second-order valence-corrected chi connectivity index (χ2v) is 8.36. The number of hydrogen-bond donors (Lipinski definition) is 0. The fraction of sp³-hybridized carbons (Fsp3) is 0.556. The largest absolute Gasteiger partial charge is 0.519 e. The molecule has 3 nitrogen and oxygen atoms in total. The predicted molar refractivity (Wildman–Crippen MR) is 54.0 cm³/mol. The smallest absolute Gasteiger partial charge is 0.277 e. The van der Waals surface area contributed by atoms with Gasteiger partial charge in [-0.05, 0) is 26.6 Å². The maximum absolute atomic E-state index is 5.71. The van der Waals surface area contributed by atoms with Crippen LogP contribution < -0.4 is 9.16 Å². The fourth-order valence-corrected chi connectivity index (χ4v) is 1.72. The van der Waals surface area contributed by atoms with Crippen LogP contribution in [-0.2, 0) is 0 Å². The van der Waals surface area contributed by atoms with Gasteiger partial charge in [0, 0.05) is 0 Å². The van der Waals surface area contributed by atoms with Crippen LogP contribution in [0, 0.1) is 6.92 Å². The van der Waals surface area contributed by atoms with Gasteiger partial charge >= 0.3 is 0 Å². The Morgan fingerprint density at radius 3 is 2.31 bits per heavy atom. The zero-order valence-corrected chi connectivity index (χ0v) is 9.80. The average Bonchev–Trinajstić information content (AvgIpc) is 2.30. The Labute approximate surface area is 79.8 Å². The molecule has 1 aromatic heterocycles. The van der Waals surface area contributed by atoms with Gasteiger partial charge < -0.3 is 13.6 Å². The molecule has 0 aromatic carbocycles. The highest BCUT2D eigenvalue weighted by molar-refractivity contribution is 6.70. The van der Waals surface area contributed by atoms with E-state index in [1.54, 1.807) is 13.4 Å². The second-order valence-electron chi connectivity index (χ2n) is 3.93. The van der Waals surface area contributed by atoms with Crippen molar-refractivity contribution in [2.75, 3.05) is 7.11 Å². The first-order chi connectivity index (χ1) is 5.94. The van der Waals surface area contributed by atoms with E-state index in [4.69, 9.17) is 13.6 Å². The first-order valence-electron chi connectivity index (χ1n) is 4.25. The van der Waals surface area contributed by atoms with Crippen LogP contribution in [0.25, 0.3) is 0 Å². The quantitative estimate of drug-likeness (QED) is 0.703. The third-order valence-corrected chi connectivity index (χ3v) is 2.37. The van der Waals surface area contributed by atoms with Crippen LogP contribution in [-0.4, -0.2) is 15.4 Å². The molecule has 0 unspecified atom stereocenters. The van der Waals surface area contributed by atoms with Crippen LogP contribution in [0.4, 0.5) is 0 Å². The minimum atomic E-state index is -1.58. The molecule has 1 aromatic rings. The molecule has 0 amide bonds. The van der Waals surface area contributed by atoms with Crippen molar-refractivity contribution >= 4 is 8.32 Å². The van der Waals surface area contributed by atoms with E-state index in [1.165, 1.54) is 0 Å². The lowest BCUT2D eigenvalue weighted by Gasteiger charge is -2.16. The molecule has 0 saturated heterocycles. The Balaban J connectivity index is 2.84. The van der Waals surface area contributed by atoms with Crippen molar-refractivity contribution in [3.63, 3.8) is 0 Å². The van der Waals surface area contributed by atoms with Crippen molar-refractivity contribution in [1.82, 2.24) is 0 Å². The average molecular weight is 200 g/mol. The van der Waals surface area contributed by atoms with Crippen molar-refractivity contribution in [2.24, 2.45) is 0 Å². The molecule has 0 spiro atoms. The standard InChI is InChI=1S/C9H16O3Si/c1-7-8(10-2)6-11-9(7)12-13(3,4)5/h6H,1-5H3. The van der Waals surface area contributed by atoms with Crippen LogP contribution in [0.2, 0.25) is 19.6 Å². The predicted octanol–water partition coefficient (Wildman–Crippen LogP) is 2.81. The summed E-state index contributed by atoms with van der Waals surface area (Å²) in [5.74, 6) is 1.34. The number of furan rings is 1. The monoisotopic (exact) mass is 200 g/mol. The van der Waals surface area contributed by atoms with E-state index in [0.717, 1.165) is 11.3 Å². The van der Waals surface area contributed by atoms with Crippen molar-refractivity contribution < 1.29 is 13.6 Å². The van der Waals surface area contributed by atoms with E-state index >= 15 is 0 Å². The van der Waals surface area contributed by atoms with E-state index in [1.807, 2.05) is 6.92 Å². The molecular weight excluding hydrogens is 184 g/mol. The summed E-state index contributed by atoms with van der Waals surface area (Å²) in [7, 11) is 0.0430. The minimum absolute atomic E-state index is 0.594. The Morgan fingerprint density at radius 1 is 1.31 bits per heavy atom. The molecule has 0 radical (unpaired) electrons. The third-order valence-electron chi connectivity index (χ3n) is 1.57. The minimum Gasteiger partial charge on any atom is -0.519 e. The van der Waals surface area contributed by atoms with Gasteiger partial charge in [-0.2, -0.15) is 0 Å². The Bertz CT molecular complexity index is 286. The van der Waals surface area contributed by atoms with Gasteiger partial charge in [-0.3, -0.25) is 0 Å². The summed E-state index contributed by atoms with van der Waals surface area (Å²) >= 11 is 0. The molecule has 0 saturated carbocycles. The molecule has 4 heteroatoms. The number of rotatable bonds is 3. The maximum Gasteiger partial charge on any atom is 0.277 e. The summed E-state index contributed by atoms with van der Waals surface area (Å²) in [5.41, 5.74) is 0.935. The zero-order chi connectivity index (χ0) is 10.1. The van der Waals surface area contributed by atoms with Crippen molar-refractivity contribution in [1.29, 1.82) is 0 Å². The van der Waals surface area contributed by atoms with Gasteiger partial charge in [0.15, 0.2) is 5.75 Å². The molecule has 13 heavy (non-hydrogen) atoms. The first-order valence-corrected chi connectivity index (χ1v) is 7.66. The van der Waals surface area contributed by atoms with Crippen molar-refractivity contribution in [2.45, 2.75) is 26.6 Å². The molecule has 0 aliphatic carbocycles.